The molecule has 0 atom stereocenters. The minimum atomic E-state index is 0.583. The first-order chi connectivity index (χ1) is 5.59. The molecule has 0 aliphatic heterocycles. The molecule has 0 unspecified atom stereocenters. The predicted octanol–water partition coefficient (Wildman–Crippen LogP) is 3.09. The number of hydrogen-bond acceptors (Lipinski definition) is 1. The molecule has 1 aliphatic carbocycles. The van der Waals surface area contributed by atoms with Crippen LogP contribution in [0, 0.1) is 17.8 Å². The zero-order valence-corrected chi connectivity index (χ0v) is 8.84. The Labute approximate surface area is 76.5 Å². The molecule has 1 fully saturated rings. The number of hydrogen-bond donors (Lipinski definition) is 0. The van der Waals surface area contributed by atoms with Gasteiger partial charge in [-0.25, -0.2) is 0 Å². The van der Waals surface area contributed by atoms with Crippen molar-refractivity contribution >= 4 is 0 Å². The van der Waals surface area contributed by atoms with Crippen LogP contribution < -0.4 is 0 Å². The Morgan fingerprint density at radius 1 is 1.17 bits per heavy atom. The van der Waals surface area contributed by atoms with Crippen LogP contribution >= 0.6 is 0 Å². The van der Waals surface area contributed by atoms with Crippen LogP contribution in [0.15, 0.2) is 0 Å². The second-order valence-corrected chi connectivity index (χ2v) is 4.82. The molecule has 0 amide bonds. The minimum absolute atomic E-state index is 0.583. The Balaban J connectivity index is 2.02. The third-order valence-corrected chi connectivity index (χ3v) is 2.74. The topological polar surface area (TPSA) is 9.23 Å². The van der Waals surface area contributed by atoms with E-state index in [0.29, 0.717) is 12.0 Å². The summed E-state index contributed by atoms with van der Waals surface area (Å²) in [6.07, 6.45) is 3.18. The van der Waals surface area contributed by atoms with Crippen molar-refractivity contribution in [2.45, 2.75) is 46.6 Å². The lowest BCUT2D eigenvalue weighted by molar-refractivity contribution is -0.0522. The minimum Gasteiger partial charge on any atom is -0.378 e. The molecular formula is C11H22O. The Kier molecular flexibility index (Phi) is 3.57. The third kappa shape index (κ3) is 2.78. The molecule has 0 aromatic carbocycles. The van der Waals surface area contributed by atoms with Crippen molar-refractivity contribution in [1.29, 1.82) is 0 Å². The normalized spacial score (nSPS) is 29.5. The van der Waals surface area contributed by atoms with Gasteiger partial charge < -0.3 is 4.74 Å². The summed E-state index contributed by atoms with van der Waals surface area (Å²) in [6, 6.07) is 0. The van der Waals surface area contributed by atoms with Crippen molar-refractivity contribution in [3.8, 4) is 0 Å². The van der Waals surface area contributed by atoms with Gasteiger partial charge in [0.25, 0.3) is 0 Å². The largest absolute Gasteiger partial charge is 0.378 e. The van der Waals surface area contributed by atoms with Gasteiger partial charge in [-0.1, -0.05) is 27.7 Å². The van der Waals surface area contributed by atoms with Crippen molar-refractivity contribution in [3.05, 3.63) is 0 Å². The van der Waals surface area contributed by atoms with Gasteiger partial charge in [-0.3, -0.25) is 0 Å². The highest BCUT2D eigenvalue weighted by molar-refractivity contribution is 4.82. The van der Waals surface area contributed by atoms with Crippen molar-refractivity contribution in [2.75, 3.05) is 6.61 Å². The summed E-state index contributed by atoms with van der Waals surface area (Å²) in [5.74, 6) is 2.47. The van der Waals surface area contributed by atoms with Gasteiger partial charge in [0.05, 0.1) is 6.10 Å². The van der Waals surface area contributed by atoms with E-state index < -0.39 is 0 Å². The van der Waals surface area contributed by atoms with Crippen LogP contribution in [0.4, 0.5) is 0 Å². The van der Waals surface area contributed by atoms with E-state index in [1.54, 1.807) is 0 Å². The Morgan fingerprint density at radius 2 is 1.75 bits per heavy atom. The fraction of sp³-hybridized carbons (Fsp3) is 1.00. The van der Waals surface area contributed by atoms with Crippen molar-refractivity contribution < 1.29 is 4.74 Å². The van der Waals surface area contributed by atoms with Crippen LogP contribution in [-0.2, 0) is 4.74 Å². The number of rotatable bonds is 4. The van der Waals surface area contributed by atoms with Crippen LogP contribution in [0.3, 0.4) is 0 Å². The number of ether oxygens (including phenoxy) is 1. The zero-order valence-electron chi connectivity index (χ0n) is 8.84. The molecular weight excluding hydrogens is 148 g/mol. The first kappa shape index (κ1) is 10.0. The molecule has 0 aromatic heterocycles. The summed E-state index contributed by atoms with van der Waals surface area (Å²) >= 11 is 0. The molecule has 0 radical (unpaired) electrons. The molecule has 0 spiro atoms. The molecule has 0 bridgehead atoms. The van der Waals surface area contributed by atoms with Gasteiger partial charge in [0.2, 0.25) is 0 Å². The Morgan fingerprint density at radius 3 is 2.17 bits per heavy atom. The molecule has 0 aromatic rings. The van der Waals surface area contributed by atoms with Crippen molar-refractivity contribution in [2.24, 2.45) is 17.8 Å². The predicted molar refractivity (Wildman–Crippen MR) is 52.1 cm³/mol. The molecule has 12 heavy (non-hydrogen) atoms. The molecule has 1 heteroatoms. The quantitative estimate of drug-likeness (QED) is 0.630. The summed E-state index contributed by atoms with van der Waals surface area (Å²) < 4.78 is 5.72. The SMILES string of the molecule is CC(C)COC1CC(C(C)C)C1. The van der Waals surface area contributed by atoms with Crippen LogP contribution in [0.2, 0.25) is 0 Å². The van der Waals surface area contributed by atoms with Gasteiger partial charge in [-0.15, -0.1) is 0 Å². The monoisotopic (exact) mass is 170 g/mol. The van der Waals surface area contributed by atoms with Gasteiger partial charge in [-0.05, 0) is 30.6 Å². The standard InChI is InChI=1S/C11H22O/c1-8(2)7-12-11-5-10(6-11)9(3)4/h8-11H,5-7H2,1-4H3. The summed E-state index contributed by atoms with van der Waals surface area (Å²) in [5.41, 5.74) is 0. The van der Waals surface area contributed by atoms with Crippen LogP contribution in [0.25, 0.3) is 0 Å². The second kappa shape index (κ2) is 4.27. The average Bonchev–Trinajstić information content (AvgIpc) is 1.82. The maximum absolute atomic E-state index is 5.72. The molecule has 1 aliphatic rings. The van der Waals surface area contributed by atoms with Crippen LogP contribution in [-0.4, -0.2) is 12.7 Å². The van der Waals surface area contributed by atoms with E-state index in [1.807, 2.05) is 0 Å². The van der Waals surface area contributed by atoms with Gasteiger partial charge in [0.1, 0.15) is 0 Å². The highest BCUT2D eigenvalue weighted by Crippen LogP contribution is 2.35. The fourth-order valence-corrected chi connectivity index (χ4v) is 1.62. The van der Waals surface area contributed by atoms with E-state index in [-0.39, 0.29) is 0 Å². The lowest BCUT2D eigenvalue weighted by Crippen LogP contribution is -2.35. The Hall–Kier alpha value is -0.0400. The summed E-state index contributed by atoms with van der Waals surface area (Å²) in [4.78, 5) is 0. The average molecular weight is 170 g/mol. The molecule has 0 saturated heterocycles. The maximum atomic E-state index is 5.72. The van der Waals surface area contributed by atoms with Gasteiger partial charge in [-0.2, -0.15) is 0 Å². The fourth-order valence-electron chi connectivity index (χ4n) is 1.62. The summed E-state index contributed by atoms with van der Waals surface area (Å²) in [6.45, 7) is 9.97. The van der Waals surface area contributed by atoms with E-state index >= 15 is 0 Å². The van der Waals surface area contributed by atoms with E-state index in [0.717, 1.165) is 18.4 Å². The highest BCUT2D eigenvalue weighted by atomic mass is 16.5. The van der Waals surface area contributed by atoms with Crippen molar-refractivity contribution in [1.82, 2.24) is 0 Å². The molecule has 1 saturated carbocycles. The van der Waals surface area contributed by atoms with E-state index in [1.165, 1.54) is 12.8 Å². The van der Waals surface area contributed by atoms with Gasteiger partial charge >= 0.3 is 0 Å². The molecule has 1 rings (SSSR count). The molecule has 1 nitrogen and oxygen atoms in total. The van der Waals surface area contributed by atoms with Crippen LogP contribution in [0.5, 0.6) is 0 Å². The van der Waals surface area contributed by atoms with Gasteiger partial charge in [0.15, 0.2) is 0 Å². The molecule has 0 N–H and O–H groups in total. The Bertz CT molecular complexity index is 120. The van der Waals surface area contributed by atoms with Crippen LogP contribution in [0.1, 0.15) is 40.5 Å². The second-order valence-electron chi connectivity index (χ2n) is 4.82. The van der Waals surface area contributed by atoms with Crippen molar-refractivity contribution in [3.63, 3.8) is 0 Å². The lowest BCUT2D eigenvalue weighted by atomic mass is 9.75. The van der Waals surface area contributed by atoms with E-state index in [9.17, 15) is 0 Å². The smallest absolute Gasteiger partial charge is 0.0580 e. The highest BCUT2D eigenvalue weighted by Gasteiger charge is 2.31. The molecule has 0 heterocycles. The maximum Gasteiger partial charge on any atom is 0.0580 e. The van der Waals surface area contributed by atoms with E-state index in [2.05, 4.69) is 27.7 Å². The zero-order chi connectivity index (χ0) is 9.14. The third-order valence-electron chi connectivity index (χ3n) is 2.74. The lowest BCUT2D eigenvalue weighted by Gasteiger charge is -2.38. The first-order valence-electron chi connectivity index (χ1n) is 5.21. The summed E-state index contributed by atoms with van der Waals surface area (Å²) in [5, 5.41) is 0. The summed E-state index contributed by atoms with van der Waals surface area (Å²) in [7, 11) is 0. The first-order valence-corrected chi connectivity index (χ1v) is 5.21. The molecule has 72 valence electrons. The van der Waals surface area contributed by atoms with Gasteiger partial charge in [0, 0.05) is 6.61 Å². The van der Waals surface area contributed by atoms with E-state index in [4.69, 9.17) is 4.74 Å².